The first-order valence-electron chi connectivity index (χ1n) is 3.26. The second-order valence-corrected chi connectivity index (χ2v) is 3.34. The summed E-state index contributed by atoms with van der Waals surface area (Å²) in [5.74, 6) is -1.25. The van der Waals surface area contributed by atoms with Gasteiger partial charge in [-0.1, -0.05) is 0 Å². The number of nitrogens with zero attached hydrogens (tertiary/aromatic N) is 1. The van der Waals surface area contributed by atoms with E-state index in [-0.39, 0.29) is 14.7 Å². The highest BCUT2D eigenvalue weighted by Gasteiger charge is 2.14. The van der Waals surface area contributed by atoms with Gasteiger partial charge in [-0.25, -0.2) is 4.39 Å². The van der Waals surface area contributed by atoms with Gasteiger partial charge in [0, 0.05) is 0 Å². The van der Waals surface area contributed by atoms with Crippen LogP contribution in [0, 0.1) is 20.7 Å². The summed E-state index contributed by atoms with van der Waals surface area (Å²) in [5.41, 5.74) is 5.04. The largest absolute Gasteiger partial charge is 0.366 e. The van der Waals surface area contributed by atoms with Gasteiger partial charge in [0.15, 0.2) is 0 Å². The Hall–Kier alpha value is -1.16. The summed E-state index contributed by atoms with van der Waals surface area (Å²) in [5, 5.41) is 8.64. The normalized spacial score (nSPS) is 9.31. The van der Waals surface area contributed by atoms with Gasteiger partial charge in [0.25, 0.3) is 0 Å². The van der Waals surface area contributed by atoms with Crippen molar-refractivity contribution in [2.45, 2.75) is 0 Å². The molecule has 0 saturated heterocycles. The highest BCUT2D eigenvalue weighted by molar-refractivity contribution is 14.1. The van der Waals surface area contributed by atoms with E-state index >= 15 is 0 Å². The lowest BCUT2D eigenvalue weighted by molar-refractivity contribution is 0.1000. The van der Waals surface area contributed by atoms with Gasteiger partial charge in [-0.15, -0.1) is 0 Å². The number of hydrogen-bond acceptors (Lipinski definition) is 2. The summed E-state index contributed by atoms with van der Waals surface area (Å²) < 4.78 is 13.0. The van der Waals surface area contributed by atoms with E-state index in [0.29, 0.717) is 0 Å². The standard InChI is InChI=1S/C8H4FIN2O/c9-6-2-1-4(8(12)13)5(3-11)7(6)10/h1-2H,(H2,12,13). The SMILES string of the molecule is N#Cc1c(C(N)=O)ccc(F)c1I. The number of carbonyl (C=O) groups excluding carboxylic acids is 1. The fraction of sp³-hybridized carbons (Fsp3) is 0. The maximum absolute atomic E-state index is 12.9. The molecule has 13 heavy (non-hydrogen) atoms. The molecule has 5 heteroatoms. The van der Waals surface area contributed by atoms with Crippen molar-refractivity contribution in [2.24, 2.45) is 5.73 Å². The number of nitriles is 1. The van der Waals surface area contributed by atoms with Crippen LogP contribution in [-0.2, 0) is 0 Å². The summed E-state index contributed by atoms with van der Waals surface area (Å²) in [6, 6.07) is 4.06. The highest BCUT2D eigenvalue weighted by atomic mass is 127. The Morgan fingerprint density at radius 2 is 2.23 bits per heavy atom. The van der Waals surface area contributed by atoms with Crippen molar-refractivity contribution in [3.8, 4) is 6.07 Å². The molecule has 0 unspecified atom stereocenters. The molecular formula is C8H4FIN2O. The first-order chi connectivity index (χ1) is 6.07. The summed E-state index contributed by atoms with van der Waals surface area (Å²) in [4.78, 5) is 10.8. The van der Waals surface area contributed by atoms with E-state index in [0.717, 1.165) is 6.07 Å². The van der Waals surface area contributed by atoms with E-state index < -0.39 is 11.7 Å². The number of hydrogen-bond donors (Lipinski definition) is 1. The number of nitrogens with two attached hydrogens (primary N) is 1. The van der Waals surface area contributed by atoms with E-state index in [2.05, 4.69) is 0 Å². The lowest BCUT2D eigenvalue weighted by Gasteiger charge is -2.01. The van der Waals surface area contributed by atoms with Crippen molar-refractivity contribution >= 4 is 28.5 Å². The molecule has 3 nitrogen and oxygen atoms in total. The van der Waals surface area contributed by atoms with Crippen LogP contribution in [0.1, 0.15) is 15.9 Å². The molecule has 1 aromatic carbocycles. The van der Waals surface area contributed by atoms with Gasteiger partial charge in [0.1, 0.15) is 11.9 Å². The minimum absolute atomic E-state index is 0.00639. The maximum atomic E-state index is 12.9. The highest BCUT2D eigenvalue weighted by Crippen LogP contribution is 2.19. The summed E-state index contributed by atoms with van der Waals surface area (Å²) >= 11 is 1.66. The zero-order valence-electron chi connectivity index (χ0n) is 6.34. The van der Waals surface area contributed by atoms with Gasteiger partial charge in [-0.2, -0.15) is 5.26 Å². The van der Waals surface area contributed by atoms with E-state index in [1.165, 1.54) is 6.07 Å². The molecule has 66 valence electrons. The minimum Gasteiger partial charge on any atom is -0.366 e. The van der Waals surface area contributed by atoms with Gasteiger partial charge in [-0.05, 0) is 34.7 Å². The molecule has 1 amide bonds. The Morgan fingerprint density at radius 3 is 2.69 bits per heavy atom. The number of amides is 1. The molecule has 0 radical (unpaired) electrons. The fourth-order valence-corrected chi connectivity index (χ4v) is 1.46. The predicted octanol–water partition coefficient (Wildman–Crippen LogP) is 1.40. The molecule has 0 spiro atoms. The average molecular weight is 290 g/mol. The van der Waals surface area contributed by atoms with Gasteiger partial charge < -0.3 is 5.73 Å². The third-order valence-electron chi connectivity index (χ3n) is 1.47. The van der Waals surface area contributed by atoms with Crippen LogP contribution >= 0.6 is 22.6 Å². The zero-order chi connectivity index (χ0) is 10.0. The second kappa shape index (κ2) is 3.70. The van der Waals surface area contributed by atoms with Crippen molar-refractivity contribution in [3.05, 3.63) is 32.6 Å². The molecule has 0 fully saturated rings. The molecule has 0 heterocycles. The van der Waals surface area contributed by atoms with Crippen molar-refractivity contribution in [1.82, 2.24) is 0 Å². The Balaban J connectivity index is 3.50. The summed E-state index contributed by atoms with van der Waals surface area (Å²) in [7, 11) is 0. The van der Waals surface area contributed by atoms with Crippen LogP contribution in [0.5, 0.6) is 0 Å². The Kier molecular flexibility index (Phi) is 2.83. The molecule has 0 aliphatic rings. The van der Waals surface area contributed by atoms with Gasteiger partial charge in [0.05, 0.1) is 14.7 Å². The number of halogens is 2. The minimum atomic E-state index is -0.727. The molecule has 1 rings (SSSR count). The number of carbonyl (C=O) groups is 1. The van der Waals surface area contributed by atoms with E-state index in [4.69, 9.17) is 11.0 Å². The smallest absolute Gasteiger partial charge is 0.250 e. The zero-order valence-corrected chi connectivity index (χ0v) is 8.50. The van der Waals surface area contributed by atoms with Crippen LogP contribution in [0.4, 0.5) is 4.39 Å². The quantitative estimate of drug-likeness (QED) is 0.794. The van der Waals surface area contributed by atoms with E-state index in [1.807, 2.05) is 0 Å². The lowest BCUT2D eigenvalue weighted by atomic mass is 10.1. The molecule has 0 atom stereocenters. The van der Waals surface area contributed by atoms with Crippen molar-refractivity contribution in [1.29, 1.82) is 5.26 Å². The molecule has 2 N–H and O–H groups in total. The van der Waals surface area contributed by atoms with Crippen molar-refractivity contribution in [2.75, 3.05) is 0 Å². The molecule has 0 aliphatic heterocycles. The fourth-order valence-electron chi connectivity index (χ4n) is 0.865. The predicted molar refractivity (Wildman–Crippen MR) is 52.3 cm³/mol. The van der Waals surface area contributed by atoms with E-state index in [1.54, 1.807) is 28.7 Å². The third-order valence-corrected chi connectivity index (χ3v) is 2.53. The first-order valence-corrected chi connectivity index (χ1v) is 4.33. The molecule has 0 aromatic heterocycles. The number of rotatable bonds is 1. The van der Waals surface area contributed by atoms with Crippen LogP contribution in [0.15, 0.2) is 12.1 Å². The van der Waals surface area contributed by atoms with Crippen LogP contribution in [0.25, 0.3) is 0 Å². The molecule has 0 bridgehead atoms. The van der Waals surface area contributed by atoms with Crippen LogP contribution in [-0.4, -0.2) is 5.91 Å². The van der Waals surface area contributed by atoms with Gasteiger partial charge in [-0.3, -0.25) is 4.79 Å². The monoisotopic (exact) mass is 290 g/mol. The lowest BCUT2D eigenvalue weighted by Crippen LogP contribution is -2.14. The second-order valence-electron chi connectivity index (χ2n) is 2.26. The molecule has 0 saturated carbocycles. The van der Waals surface area contributed by atoms with Gasteiger partial charge >= 0.3 is 0 Å². The molecular weight excluding hydrogens is 286 g/mol. The Bertz CT molecular complexity index is 411. The van der Waals surface area contributed by atoms with Crippen LogP contribution in [0.2, 0.25) is 0 Å². The topological polar surface area (TPSA) is 66.9 Å². The number of benzene rings is 1. The molecule has 0 aliphatic carbocycles. The van der Waals surface area contributed by atoms with Crippen LogP contribution < -0.4 is 5.73 Å². The van der Waals surface area contributed by atoms with E-state index in [9.17, 15) is 9.18 Å². The maximum Gasteiger partial charge on any atom is 0.250 e. The third kappa shape index (κ3) is 1.78. The van der Waals surface area contributed by atoms with Crippen LogP contribution in [0.3, 0.4) is 0 Å². The van der Waals surface area contributed by atoms with Crippen molar-refractivity contribution < 1.29 is 9.18 Å². The summed E-state index contributed by atoms with van der Waals surface area (Å²) in [6.07, 6.45) is 0. The average Bonchev–Trinajstić information content (AvgIpc) is 2.09. The molecule has 1 aromatic rings. The Morgan fingerprint density at radius 1 is 1.62 bits per heavy atom. The number of primary amides is 1. The Labute approximate surface area is 87.5 Å². The van der Waals surface area contributed by atoms with Crippen molar-refractivity contribution in [3.63, 3.8) is 0 Å². The summed E-state index contributed by atoms with van der Waals surface area (Å²) in [6.45, 7) is 0. The first kappa shape index (κ1) is 9.92. The van der Waals surface area contributed by atoms with Gasteiger partial charge in [0.2, 0.25) is 5.91 Å².